The number of sulfone groups is 1. The van der Waals surface area contributed by atoms with Gasteiger partial charge in [0.2, 0.25) is 5.91 Å². The van der Waals surface area contributed by atoms with Gasteiger partial charge in [-0.3, -0.25) is 4.79 Å². The molecule has 1 aliphatic carbocycles. The predicted octanol–water partition coefficient (Wildman–Crippen LogP) is 2.16. The van der Waals surface area contributed by atoms with Crippen molar-refractivity contribution in [3.05, 3.63) is 30.3 Å². The monoisotopic (exact) mass is 295 g/mol. The Hall–Kier alpha value is -1.36. The van der Waals surface area contributed by atoms with Crippen LogP contribution >= 0.6 is 0 Å². The molecular weight excluding hydrogens is 274 g/mol. The van der Waals surface area contributed by atoms with E-state index in [1.807, 2.05) is 0 Å². The van der Waals surface area contributed by atoms with Crippen LogP contribution in [0.15, 0.2) is 35.2 Å². The van der Waals surface area contributed by atoms with Gasteiger partial charge in [0.15, 0.2) is 9.84 Å². The average Bonchev–Trinajstić information content (AvgIpc) is 2.97. The maximum Gasteiger partial charge on any atom is 0.221 e. The fourth-order valence-electron chi connectivity index (χ4n) is 2.53. The molecule has 2 rings (SSSR count). The third-order valence-electron chi connectivity index (χ3n) is 3.76. The number of hydrogen-bond donors (Lipinski definition) is 1. The first kappa shape index (κ1) is 15.0. The molecule has 0 aliphatic heterocycles. The molecular formula is C15H21NO3S. The second kappa shape index (κ2) is 6.88. The van der Waals surface area contributed by atoms with E-state index in [1.54, 1.807) is 30.3 Å². The smallest absolute Gasteiger partial charge is 0.221 e. The molecule has 1 N–H and O–H groups in total. The molecule has 1 fully saturated rings. The summed E-state index contributed by atoms with van der Waals surface area (Å²) >= 11 is 0. The highest BCUT2D eigenvalue weighted by Gasteiger charge is 2.18. The standard InChI is InChI=1S/C15H21NO3S/c17-15(16-12-13-6-4-5-7-13)10-11-20(18,19)14-8-2-1-3-9-14/h1-3,8-9,13H,4-7,10-12H2,(H,16,17). The molecule has 0 unspecified atom stereocenters. The Balaban J connectivity index is 1.77. The van der Waals surface area contributed by atoms with E-state index in [1.165, 1.54) is 25.7 Å². The second-order valence-corrected chi connectivity index (χ2v) is 7.45. The highest BCUT2D eigenvalue weighted by molar-refractivity contribution is 7.91. The SMILES string of the molecule is O=C(CCS(=O)(=O)c1ccccc1)NCC1CCCC1. The van der Waals surface area contributed by atoms with Crippen LogP contribution in [0.2, 0.25) is 0 Å². The van der Waals surface area contributed by atoms with Crippen LogP contribution in [0.3, 0.4) is 0 Å². The third kappa shape index (κ3) is 4.34. The van der Waals surface area contributed by atoms with E-state index in [2.05, 4.69) is 5.32 Å². The largest absolute Gasteiger partial charge is 0.356 e. The number of carbonyl (C=O) groups excluding carboxylic acids is 1. The molecule has 0 atom stereocenters. The Kier molecular flexibility index (Phi) is 5.17. The molecule has 110 valence electrons. The molecule has 0 heterocycles. The van der Waals surface area contributed by atoms with Crippen LogP contribution in [0.1, 0.15) is 32.1 Å². The first-order valence-corrected chi connectivity index (χ1v) is 8.78. The molecule has 4 nitrogen and oxygen atoms in total. The van der Waals surface area contributed by atoms with E-state index < -0.39 is 9.84 Å². The molecule has 1 aromatic rings. The average molecular weight is 295 g/mol. The number of hydrogen-bond acceptors (Lipinski definition) is 3. The minimum atomic E-state index is -3.35. The van der Waals surface area contributed by atoms with Crippen molar-refractivity contribution >= 4 is 15.7 Å². The van der Waals surface area contributed by atoms with Crippen molar-refractivity contribution in [1.82, 2.24) is 5.32 Å². The van der Waals surface area contributed by atoms with Gasteiger partial charge in [0.05, 0.1) is 10.6 Å². The Morgan fingerprint density at radius 3 is 2.45 bits per heavy atom. The van der Waals surface area contributed by atoms with Crippen molar-refractivity contribution < 1.29 is 13.2 Å². The third-order valence-corrected chi connectivity index (χ3v) is 5.49. The lowest BCUT2D eigenvalue weighted by atomic mass is 10.1. The first-order chi connectivity index (χ1) is 9.58. The normalized spacial score (nSPS) is 16.2. The van der Waals surface area contributed by atoms with Gasteiger partial charge in [0.1, 0.15) is 0 Å². The molecule has 20 heavy (non-hydrogen) atoms. The summed E-state index contributed by atoms with van der Waals surface area (Å²) in [5.74, 6) is 0.272. The minimum absolute atomic E-state index is 0.0317. The summed E-state index contributed by atoms with van der Waals surface area (Å²) in [6.45, 7) is 0.685. The van der Waals surface area contributed by atoms with Gasteiger partial charge in [0.25, 0.3) is 0 Å². The minimum Gasteiger partial charge on any atom is -0.356 e. The molecule has 1 aromatic carbocycles. The van der Waals surface area contributed by atoms with E-state index >= 15 is 0 Å². The molecule has 1 amide bonds. The number of rotatable bonds is 6. The topological polar surface area (TPSA) is 63.2 Å². The van der Waals surface area contributed by atoms with Crippen LogP contribution in [0, 0.1) is 5.92 Å². The summed E-state index contributed by atoms with van der Waals surface area (Å²) in [7, 11) is -3.35. The molecule has 0 saturated heterocycles. The Morgan fingerprint density at radius 2 is 1.80 bits per heavy atom. The summed E-state index contributed by atoms with van der Waals surface area (Å²) in [6.07, 6.45) is 4.85. The predicted molar refractivity (Wildman–Crippen MR) is 78.1 cm³/mol. The van der Waals surface area contributed by atoms with Crippen molar-refractivity contribution in [3.63, 3.8) is 0 Å². The summed E-state index contributed by atoms with van der Waals surface area (Å²) in [6, 6.07) is 8.27. The van der Waals surface area contributed by atoms with Gasteiger partial charge in [-0.1, -0.05) is 31.0 Å². The van der Waals surface area contributed by atoms with E-state index in [-0.39, 0.29) is 23.0 Å². The lowest BCUT2D eigenvalue weighted by Gasteiger charge is -2.10. The van der Waals surface area contributed by atoms with E-state index in [9.17, 15) is 13.2 Å². The summed E-state index contributed by atoms with van der Waals surface area (Å²) < 4.78 is 24.0. The Morgan fingerprint density at radius 1 is 1.15 bits per heavy atom. The van der Waals surface area contributed by atoms with Crippen LogP contribution in [0.4, 0.5) is 0 Å². The van der Waals surface area contributed by atoms with Gasteiger partial charge in [-0.25, -0.2) is 8.42 Å². The van der Waals surface area contributed by atoms with Crippen molar-refractivity contribution in [2.24, 2.45) is 5.92 Å². The van der Waals surface area contributed by atoms with Crippen molar-refractivity contribution in [2.75, 3.05) is 12.3 Å². The summed E-state index contributed by atoms with van der Waals surface area (Å²) in [4.78, 5) is 12.0. The Labute approximate surface area is 120 Å². The summed E-state index contributed by atoms with van der Waals surface area (Å²) in [5, 5.41) is 2.85. The number of carbonyl (C=O) groups is 1. The zero-order chi connectivity index (χ0) is 14.4. The Bertz CT molecular complexity index is 533. The molecule has 0 spiro atoms. The van der Waals surface area contributed by atoms with Gasteiger partial charge in [-0.2, -0.15) is 0 Å². The fraction of sp³-hybridized carbons (Fsp3) is 0.533. The molecule has 0 bridgehead atoms. The maximum absolute atomic E-state index is 12.0. The van der Waals surface area contributed by atoms with Gasteiger partial charge in [-0.05, 0) is 30.9 Å². The lowest BCUT2D eigenvalue weighted by Crippen LogP contribution is -2.29. The van der Waals surface area contributed by atoms with Crippen LogP contribution < -0.4 is 5.32 Å². The van der Waals surface area contributed by atoms with E-state index in [0.29, 0.717) is 12.5 Å². The lowest BCUT2D eigenvalue weighted by molar-refractivity contribution is -0.120. The van der Waals surface area contributed by atoms with E-state index in [0.717, 1.165) is 0 Å². The summed E-state index contributed by atoms with van der Waals surface area (Å²) in [5.41, 5.74) is 0. The van der Waals surface area contributed by atoms with Gasteiger partial charge in [-0.15, -0.1) is 0 Å². The zero-order valence-electron chi connectivity index (χ0n) is 11.5. The zero-order valence-corrected chi connectivity index (χ0v) is 12.4. The van der Waals surface area contributed by atoms with Crippen molar-refractivity contribution in [3.8, 4) is 0 Å². The molecule has 1 saturated carbocycles. The van der Waals surface area contributed by atoms with Crippen LogP contribution in [-0.2, 0) is 14.6 Å². The number of nitrogens with one attached hydrogen (secondary N) is 1. The number of benzene rings is 1. The second-order valence-electron chi connectivity index (χ2n) is 5.34. The maximum atomic E-state index is 12.0. The van der Waals surface area contributed by atoms with Crippen LogP contribution in [-0.4, -0.2) is 26.6 Å². The van der Waals surface area contributed by atoms with Crippen molar-refractivity contribution in [2.45, 2.75) is 37.0 Å². The molecule has 5 heteroatoms. The van der Waals surface area contributed by atoms with Gasteiger partial charge < -0.3 is 5.32 Å². The van der Waals surface area contributed by atoms with Crippen molar-refractivity contribution in [1.29, 1.82) is 0 Å². The van der Waals surface area contributed by atoms with Gasteiger partial charge in [0, 0.05) is 13.0 Å². The molecule has 1 aliphatic rings. The molecule has 0 aromatic heterocycles. The fourth-order valence-corrected chi connectivity index (χ4v) is 3.80. The first-order valence-electron chi connectivity index (χ1n) is 7.12. The highest BCUT2D eigenvalue weighted by atomic mass is 32.2. The number of amides is 1. The van der Waals surface area contributed by atoms with Gasteiger partial charge >= 0.3 is 0 Å². The molecule has 0 radical (unpaired) electrons. The quantitative estimate of drug-likeness (QED) is 0.874. The van der Waals surface area contributed by atoms with Crippen LogP contribution in [0.5, 0.6) is 0 Å². The van der Waals surface area contributed by atoms with Crippen LogP contribution in [0.25, 0.3) is 0 Å². The highest BCUT2D eigenvalue weighted by Crippen LogP contribution is 2.23. The van der Waals surface area contributed by atoms with E-state index in [4.69, 9.17) is 0 Å².